The van der Waals surface area contributed by atoms with Gasteiger partial charge in [-0.1, -0.05) is 52.3 Å². The van der Waals surface area contributed by atoms with E-state index in [1.165, 1.54) is 0 Å². The number of rotatable bonds is 4. The van der Waals surface area contributed by atoms with Crippen LogP contribution in [-0.4, -0.2) is 15.6 Å². The molecule has 4 heteroatoms. The molecule has 0 atom stereocenters. The Morgan fingerprint density at radius 2 is 1.71 bits per heavy atom. The Balaban J connectivity index is 1.90. The molecule has 0 aliphatic carbocycles. The lowest BCUT2D eigenvalue weighted by Crippen LogP contribution is -2.11. The van der Waals surface area contributed by atoms with Crippen molar-refractivity contribution in [3.63, 3.8) is 0 Å². The average molecular weight is 341 g/mol. The molecule has 0 radical (unpaired) electrons. The van der Waals surface area contributed by atoms with Gasteiger partial charge in [-0.05, 0) is 29.8 Å². The normalized spacial score (nSPS) is 10.5. The summed E-state index contributed by atoms with van der Waals surface area (Å²) in [5, 5.41) is 4.26. The summed E-state index contributed by atoms with van der Waals surface area (Å²) >= 11 is 3.48. The molecular formula is C17H13BrN2O. The summed E-state index contributed by atoms with van der Waals surface area (Å²) in [6, 6.07) is 19.2. The lowest BCUT2D eigenvalue weighted by molar-refractivity contribution is 0.0985. The zero-order valence-electron chi connectivity index (χ0n) is 11.2. The number of Topliss-reactive ketones (excluding diaryl/α,β-unsaturated/α-hetero) is 1. The number of hydrogen-bond donors (Lipinski definition) is 0. The molecule has 0 aliphatic rings. The second-order valence-corrected chi connectivity index (χ2v) is 5.51. The maximum atomic E-state index is 12.5. The van der Waals surface area contributed by atoms with E-state index in [9.17, 15) is 4.79 Å². The number of nitrogens with zero attached hydrogens (tertiary/aromatic N) is 2. The smallest absolute Gasteiger partial charge is 0.185 e. The third-order valence-corrected chi connectivity index (χ3v) is 4.01. The molecule has 0 saturated heterocycles. The molecule has 0 bridgehead atoms. The van der Waals surface area contributed by atoms with E-state index in [4.69, 9.17) is 0 Å². The Bertz CT molecular complexity index is 765. The molecule has 0 fully saturated rings. The third-order valence-electron chi connectivity index (χ3n) is 3.24. The van der Waals surface area contributed by atoms with Crippen LogP contribution in [0.4, 0.5) is 0 Å². The molecular weight excluding hydrogens is 328 g/mol. The molecule has 0 unspecified atom stereocenters. The Morgan fingerprint density at radius 3 is 2.48 bits per heavy atom. The zero-order chi connectivity index (χ0) is 14.7. The van der Waals surface area contributed by atoms with Gasteiger partial charge >= 0.3 is 0 Å². The molecule has 21 heavy (non-hydrogen) atoms. The van der Waals surface area contributed by atoms with Crippen molar-refractivity contribution in [2.24, 2.45) is 0 Å². The van der Waals surface area contributed by atoms with Gasteiger partial charge < -0.3 is 0 Å². The predicted octanol–water partition coefficient (Wildman–Crippen LogP) is 4.06. The topological polar surface area (TPSA) is 34.9 Å². The minimum absolute atomic E-state index is 0.0447. The van der Waals surface area contributed by atoms with E-state index in [1.807, 2.05) is 54.6 Å². The van der Waals surface area contributed by atoms with E-state index in [1.54, 1.807) is 16.9 Å². The molecule has 3 aromatic rings. The highest BCUT2D eigenvalue weighted by Crippen LogP contribution is 2.19. The van der Waals surface area contributed by atoms with Gasteiger partial charge in [0.1, 0.15) is 5.69 Å². The van der Waals surface area contributed by atoms with Gasteiger partial charge in [-0.3, -0.25) is 4.79 Å². The van der Waals surface area contributed by atoms with E-state index >= 15 is 0 Å². The molecule has 0 aliphatic heterocycles. The second-order valence-electron chi connectivity index (χ2n) is 4.66. The molecule has 0 saturated carbocycles. The van der Waals surface area contributed by atoms with Crippen LogP contribution in [0.25, 0.3) is 5.69 Å². The number of hydrogen-bond acceptors (Lipinski definition) is 2. The predicted molar refractivity (Wildman–Crippen MR) is 85.7 cm³/mol. The van der Waals surface area contributed by atoms with Gasteiger partial charge in [-0.2, -0.15) is 5.10 Å². The van der Waals surface area contributed by atoms with E-state index in [-0.39, 0.29) is 5.78 Å². The van der Waals surface area contributed by atoms with Crippen LogP contribution in [0.1, 0.15) is 16.1 Å². The lowest BCUT2D eigenvalue weighted by Gasteiger charge is -2.07. The molecule has 0 amide bonds. The zero-order valence-corrected chi connectivity index (χ0v) is 12.8. The van der Waals surface area contributed by atoms with Crippen LogP contribution < -0.4 is 0 Å². The van der Waals surface area contributed by atoms with Crippen molar-refractivity contribution in [3.8, 4) is 5.69 Å². The Labute approximate surface area is 131 Å². The second kappa shape index (κ2) is 6.06. The van der Waals surface area contributed by atoms with Crippen molar-refractivity contribution in [3.05, 3.63) is 82.6 Å². The number of para-hydroxylation sites is 1. The van der Waals surface area contributed by atoms with Crippen molar-refractivity contribution >= 4 is 21.7 Å². The Kier molecular flexibility index (Phi) is 3.97. The maximum Gasteiger partial charge on any atom is 0.185 e. The Morgan fingerprint density at radius 1 is 1.00 bits per heavy atom. The van der Waals surface area contributed by atoms with Gasteiger partial charge in [-0.25, -0.2) is 4.68 Å². The molecule has 1 heterocycles. The quantitative estimate of drug-likeness (QED) is 0.671. The fraction of sp³-hybridized carbons (Fsp3) is 0.0588. The van der Waals surface area contributed by atoms with E-state index in [2.05, 4.69) is 21.0 Å². The SMILES string of the molecule is O=C(Cc1ccccc1Br)c1ccnn1-c1ccccc1. The summed E-state index contributed by atoms with van der Waals surface area (Å²) in [7, 11) is 0. The summed E-state index contributed by atoms with van der Waals surface area (Å²) in [5.41, 5.74) is 2.46. The average Bonchev–Trinajstić information content (AvgIpc) is 3.00. The summed E-state index contributed by atoms with van der Waals surface area (Å²) in [6.07, 6.45) is 2.00. The van der Waals surface area contributed by atoms with Crippen LogP contribution in [0, 0.1) is 0 Å². The fourth-order valence-electron chi connectivity index (χ4n) is 2.19. The molecule has 3 nitrogen and oxygen atoms in total. The van der Waals surface area contributed by atoms with Crippen molar-refractivity contribution in [2.45, 2.75) is 6.42 Å². The third kappa shape index (κ3) is 2.95. The molecule has 1 aromatic heterocycles. The minimum Gasteiger partial charge on any atom is -0.292 e. The van der Waals surface area contributed by atoms with Crippen LogP contribution in [0.3, 0.4) is 0 Å². The van der Waals surface area contributed by atoms with Gasteiger partial charge in [-0.15, -0.1) is 0 Å². The standard InChI is InChI=1S/C17H13BrN2O/c18-15-9-5-4-6-13(15)12-17(21)16-10-11-19-20(16)14-7-2-1-3-8-14/h1-11H,12H2. The van der Waals surface area contributed by atoms with Crippen molar-refractivity contribution in [1.29, 1.82) is 0 Å². The van der Waals surface area contributed by atoms with Crippen LogP contribution in [0.15, 0.2) is 71.3 Å². The van der Waals surface area contributed by atoms with Crippen LogP contribution in [0.2, 0.25) is 0 Å². The number of carbonyl (C=O) groups excluding carboxylic acids is 1. The fourth-order valence-corrected chi connectivity index (χ4v) is 2.62. The van der Waals surface area contributed by atoms with Gasteiger partial charge in [0.05, 0.1) is 11.9 Å². The first kappa shape index (κ1) is 13.8. The summed E-state index contributed by atoms with van der Waals surface area (Å²) < 4.78 is 2.63. The summed E-state index contributed by atoms with van der Waals surface area (Å²) in [5.74, 6) is 0.0447. The number of halogens is 1. The number of ketones is 1. The lowest BCUT2D eigenvalue weighted by atomic mass is 10.1. The van der Waals surface area contributed by atoms with Gasteiger partial charge in [0.2, 0.25) is 0 Å². The van der Waals surface area contributed by atoms with Crippen LogP contribution in [-0.2, 0) is 6.42 Å². The minimum atomic E-state index is 0.0447. The van der Waals surface area contributed by atoms with Crippen molar-refractivity contribution < 1.29 is 4.79 Å². The van der Waals surface area contributed by atoms with Crippen molar-refractivity contribution in [2.75, 3.05) is 0 Å². The summed E-state index contributed by atoms with van der Waals surface area (Å²) in [4.78, 5) is 12.5. The first-order valence-electron chi connectivity index (χ1n) is 6.62. The number of carbonyl (C=O) groups is 1. The van der Waals surface area contributed by atoms with Crippen LogP contribution >= 0.6 is 15.9 Å². The van der Waals surface area contributed by atoms with E-state index in [0.29, 0.717) is 12.1 Å². The highest BCUT2D eigenvalue weighted by Gasteiger charge is 2.14. The van der Waals surface area contributed by atoms with Gasteiger partial charge in [0, 0.05) is 10.9 Å². The molecule has 0 N–H and O–H groups in total. The van der Waals surface area contributed by atoms with Gasteiger partial charge in [0.25, 0.3) is 0 Å². The van der Waals surface area contributed by atoms with Crippen molar-refractivity contribution in [1.82, 2.24) is 9.78 Å². The summed E-state index contributed by atoms with van der Waals surface area (Å²) in [6.45, 7) is 0. The van der Waals surface area contributed by atoms with Gasteiger partial charge in [0.15, 0.2) is 5.78 Å². The van der Waals surface area contributed by atoms with E-state index < -0.39 is 0 Å². The monoisotopic (exact) mass is 340 g/mol. The highest BCUT2D eigenvalue weighted by atomic mass is 79.9. The largest absolute Gasteiger partial charge is 0.292 e. The van der Waals surface area contributed by atoms with Crippen LogP contribution in [0.5, 0.6) is 0 Å². The molecule has 104 valence electrons. The highest BCUT2D eigenvalue weighted by molar-refractivity contribution is 9.10. The number of aromatic nitrogens is 2. The maximum absolute atomic E-state index is 12.5. The Hall–Kier alpha value is -2.20. The molecule has 0 spiro atoms. The molecule has 3 rings (SSSR count). The first-order valence-corrected chi connectivity index (χ1v) is 7.41. The first-order chi connectivity index (χ1) is 10.3. The number of benzene rings is 2. The molecule has 2 aromatic carbocycles. The van der Waals surface area contributed by atoms with E-state index in [0.717, 1.165) is 15.7 Å².